The normalized spacial score (nSPS) is 10.4. The van der Waals surface area contributed by atoms with Crippen LogP contribution in [0.5, 0.6) is 0 Å². The zero-order valence-corrected chi connectivity index (χ0v) is 7.27. The molecule has 0 heterocycles. The Labute approximate surface area is 75.1 Å². The van der Waals surface area contributed by atoms with Crippen LogP contribution in [0.3, 0.4) is 0 Å². The molecular formula is C6H7CuO3P. The minimum atomic E-state index is -4.02. The van der Waals surface area contributed by atoms with E-state index >= 15 is 0 Å². The second-order valence-corrected chi connectivity index (χ2v) is 3.48. The molecule has 0 unspecified atom stereocenters. The van der Waals surface area contributed by atoms with Crippen LogP contribution in [0.25, 0.3) is 0 Å². The Bertz CT molecular complexity index is 256. The molecule has 0 fully saturated rings. The van der Waals surface area contributed by atoms with E-state index in [-0.39, 0.29) is 22.4 Å². The van der Waals surface area contributed by atoms with Crippen LogP contribution in [0.15, 0.2) is 30.3 Å². The third kappa shape index (κ3) is 3.19. The van der Waals surface area contributed by atoms with E-state index in [4.69, 9.17) is 9.79 Å². The summed E-state index contributed by atoms with van der Waals surface area (Å²) in [5, 5.41) is 0.0648. The number of hydrogen-bond donors (Lipinski definition) is 2. The summed E-state index contributed by atoms with van der Waals surface area (Å²) in [5.74, 6) is 0. The van der Waals surface area contributed by atoms with Crippen LogP contribution in [0.2, 0.25) is 0 Å². The van der Waals surface area contributed by atoms with Crippen molar-refractivity contribution in [2.75, 3.05) is 0 Å². The largest absolute Gasteiger partial charge is 0.356 e. The monoisotopic (exact) mass is 221 g/mol. The first-order valence-corrected chi connectivity index (χ1v) is 4.33. The minimum Gasteiger partial charge on any atom is -0.321 e. The van der Waals surface area contributed by atoms with Gasteiger partial charge in [-0.2, -0.15) is 0 Å². The van der Waals surface area contributed by atoms with Crippen molar-refractivity contribution in [2.45, 2.75) is 0 Å². The maximum atomic E-state index is 10.5. The summed E-state index contributed by atoms with van der Waals surface area (Å²) < 4.78 is 10.5. The van der Waals surface area contributed by atoms with Gasteiger partial charge in [0.05, 0.1) is 5.30 Å². The molecule has 0 spiro atoms. The van der Waals surface area contributed by atoms with Crippen molar-refractivity contribution >= 4 is 12.9 Å². The summed E-state index contributed by atoms with van der Waals surface area (Å²) >= 11 is 0. The van der Waals surface area contributed by atoms with Gasteiger partial charge in [-0.05, 0) is 12.1 Å². The molecule has 1 rings (SSSR count). The van der Waals surface area contributed by atoms with Gasteiger partial charge in [-0.3, -0.25) is 4.57 Å². The quantitative estimate of drug-likeness (QED) is 0.536. The fraction of sp³-hybridized carbons (Fsp3) is 0. The van der Waals surface area contributed by atoms with Gasteiger partial charge in [-0.25, -0.2) is 0 Å². The zero-order chi connectivity index (χ0) is 7.61. The Morgan fingerprint density at radius 1 is 1.09 bits per heavy atom. The molecule has 0 bridgehead atoms. The van der Waals surface area contributed by atoms with E-state index in [1.54, 1.807) is 18.2 Å². The van der Waals surface area contributed by atoms with Gasteiger partial charge in [-0.1, -0.05) is 18.2 Å². The van der Waals surface area contributed by atoms with Crippen molar-refractivity contribution in [2.24, 2.45) is 0 Å². The Kier molecular flexibility index (Phi) is 4.01. The van der Waals surface area contributed by atoms with Crippen LogP contribution >= 0.6 is 7.60 Å². The molecule has 1 radical (unpaired) electrons. The predicted molar refractivity (Wildman–Crippen MR) is 38.1 cm³/mol. The van der Waals surface area contributed by atoms with E-state index in [0.717, 1.165) is 0 Å². The third-order valence-corrected chi connectivity index (χ3v) is 2.06. The third-order valence-electron chi connectivity index (χ3n) is 1.09. The van der Waals surface area contributed by atoms with Crippen molar-refractivity contribution in [3.63, 3.8) is 0 Å². The fourth-order valence-electron chi connectivity index (χ4n) is 0.622. The van der Waals surface area contributed by atoms with E-state index in [2.05, 4.69) is 0 Å². The molecule has 0 saturated carbocycles. The van der Waals surface area contributed by atoms with Gasteiger partial charge in [0, 0.05) is 17.1 Å². The molecule has 11 heavy (non-hydrogen) atoms. The van der Waals surface area contributed by atoms with Crippen molar-refractivity contribution in [3.05, 3.63) is 30.3 Å². The zero-order valence-electron chi connectivity index (χ0n) is 5.44. The first kappa shape index (κ1) is 10.9. The van der Waals surface area contributed by atoms with E-state index in [0.29, 0.717) is 0 Å². The maximum Gasteiger partial charge on any atom is 0.356 e. The predicted octanol–water partition coefficient (Wildman–Crippen LogP) is 0.487. The Hall–Kier alpha value is -0.111. The SMILES string of the molecule is O=P(O)(O)c1ccccc1.[Cu]. The van der Waals surface area contributed by atoms with Crippen molar-refractivity contribution in [3.8, 4) is 0 Å². The Balaban J connectivity index is 0.000001000. The first-order chi connectivity index (χ1) is 4.61. The second-order valence-electron chi connectivity index (χ2n) is 1.88. The molecule has 0 aliphatic carbocycles. The van der Waals surface area contributed by atoms with Gasteiger partial charge in [-0.15, -0.1) is 0 Å². The van der Waals surface area contributed by atoms with E-state index in [1.165, 1.54) is 12.1 Å². The molecule has 1 aromatic carbocycles. The summed E-state index contributed by atoms with van der Waals surface area (Å²) in [5.41, 5.74) is 0. The molecule has 65 valence electrons. The molecule has 0 aromatic heterocycles. The van der Waals surface area contributed by atoms with Crippen LogP contribution in [0.1, 0.15) is 0 Å². The van der Waals surface area contributed by atoms with E-state index in [9.17, 15) is 4.57 Å². The van der Waals surface area contributed by atoms with Gasteiger partial charge >= 0.3 is 7.60 Å². The van der Waals surface area contributed by atoms with E-state index in [1.807, 2.05) is 0 Å². The second kappa shape index (κ2) is 4.05. The molecular weight excluding hydrogens is 215 g/mol. The van der Waals surface area contributed by atoms with Crippen LogP contribution < -0.4 is 5.30 Å². The average Bonchev–Trinajstić information content (AvgIpc) is 1.88. The first-order valence-electron chi connectivity index (χ1n) is 2.72. The fourth-order valence-corrected chi connectivity index (χ4v) is 1.18. The van der Waals surface area contributed by atoms with Crippen LogP contribution in [0.4, 0.5) is 0 Å². The standard InChI is InChI=1S/C6H7O3P.Cu/c7-10(8,9)6-4-2-1-3-5-6;/h1-5H,(H2,7,8,9);. The molecule has 5 heteroatoms. The van der Waals surface area contributed by atoms with Crippen molar-refractivity contribution in [1.29, 1.82) is 0 Å². The van der Waals surface area contributed by atoms with Crippen LogP contribution in [-0.4, -0.2) is 9.79 Å². The average molecular weight is 222 g/mol. The summed E-state index contributed by atoms with van der Waals surface area (Å²) in [7, 11) is -4.02. The van der Waals surface area contributed by atoms with Crippen molar-refractivity contribution < 1.29 is 31.4 Å². The number of benzene rings is 1. The number of hydrogen-bond acceptors (Lipinski definition) is 1. The summed E-state index contributed by atoms with van der Waals surface area (Å²) in [4.78, 5) is 17.2. The molecule has 0 aliphatic rings. The topological polar surface area (TPSA) is 57.5 Å². The summed E-state index contributed by atoms with van der Waals surface area (Å²) in [6.07, 6.45) is 0. The van der Waals surface area contributed by atoms with Gasteiger partial charge in [0.1, 0.15) is 0 Å². The van der Waals surface area contributed by atoms with Gasteiger partial charge in [0.2, 0.25) is 0 Å². The van der Waals surface area contributed by atoms with Crippen molar-refractivity contribution in [1.82, 2.24) is 0 Å². The van der Waals surface area contributed by atoms with Crippen LogP contribution in [-0.2, 0) is 21.6 Å². The molecule has 0 atom stereocenters. The van der Waals surface area contributed by atoms with E-state index < -0.39 is 7.60 Å². The molecule has 1 aromatic rings. The maximum absolute atomic E-state index is 10.5. The summed E-state index contributed by atoms with van der Waals surface area (Å²) in [6, 6.07) is 7.70. The smallest absolute Gasteiger partial charge is 0.321 e. The molecule has 0 amide bonds. The van der Waals surface area contributed by atoms with Gasteiger partial charge < -0.3 is 9.79 Å². The number of rotatable bonds is 1. The molecule has 2 N–H and O–H groups in total. The van der Waals surface area contributed by atoms with Gasteiger partial charge in [0.15, 0.2) is 0 Å². The molecule has 0 aliphatic heterocycles. The molecule has 0 saturated heterocycles. The Morgan fingerprint density at radius 2 is 1.55 bits per heavy atom. The summed E-state index contributed by atoms with van der Waals surface area (Å²) in [6.45, 7) is 0. The van der Waals surface area contributed by atoms with Gasteiger partial charge in [0.25, 0.3) is 0 Å². The molecule has 3 nitrogen and oxygen atoms in total. The Morgan fingerprint density at radius 3 is 1.82 bits per heavy atom. The van der Waals surface area contributed by atoms with Crippen LogP contribution in [0, 0.1) is 0 Å². The minimum absolute atomic E-state index is 0.